The molecule has 4 heteroatoms. The molecule has 0 saturated carbocycles. The Bertz CT molecular complexity index is 4220. The second kappa shape index (κ2) is 13.8. The molecule has 1 spiro atoms. The van der Waals surface area contributed by atoms with Gasteiger partial charge in [-0.15, -0.1) is 11.3 Å². The molecule has 0 amide bonds. The van der Waals surface area contributed by atoms with Gasteiger partial charge in [0.1, 0.15) is 11.5 Å². The Morgan fingerprint density at radius 1 is 0.388 bits per heavy atom. The summed E-state index contributed by atoms with van der Waals surface area (Å²) < 4.78 is 12.1. The molecule has 2 aliphatic rings. The Morgan fingerprint density at radius 3 is 1.96 bits per heavy atom. The van der Waals surface area contributed by atoms with Crippen LogP contribution in [0.3, 0.4) is 0 Å². The number of nitrogens with zero attached hydrogens (tertiary/aromatic N) is 2. The smallest absolute Gasteiger partial charge is 0.132 e. The second-order valence-electron chi connectivity index (χ2n) is 17.9. The molecule has 3 heterocycles. The van der Waals surface area contributed by atoms with Crippen LogP contribution < -0.4 is 9.64 Å². The Balaban J connectivity index is 1.04. The minimum Gasteiger partial charge on any atom is -0.457 e. The Morgan fingerprint density at radius 2 is 1.01 bits per heavy atom. The van der Waals surface area contributed by atoms with Crippen LogP contribution in [0.5, 0.6) is 11.5 Å². The van der Waals surface area contributed by atoms with Crippen molar-refractivity contribution in [3.8, 4) is 28.3 Å². The summed E-state index contributed by atoms with van der Waals surface area (Å²) in [5, 5.41) is 9.90. The number of rotatable bonds is 4. The highest BCUT2D eigenvalue weighted by Gasteiger charge is 2.49. The van der Waals surface area contributed by atoms with E-state index in [1.807, 2.05) is 11.3 Å². The molecule has 1 aliphatic heterocycles. The number of ether oxygens (including phenoxy) is 1. The first kappa shape index (κ1) is 36.9. The van der Waals surface area contributed by atoms with Crippen LogP contribution in [0.4, 0.5) is 17.1 Å². The van der Waals surface area contributed by atoms with Crippen molar-refractivity contribution >= 4 is 91.9 Å². The maximum absolute atomic E-state index is 7.01. The fourth-order valence-electron chi connectivity index (χ4n) is 11.9. The van der Waals surface area contributed by atoms with E-state index in [1.54, 1.807) is 0 Å². The van der Waals surface area contributed by atoms with Crippen molar-refractivity contribution in [3.05, 3.63) is 253 Å². The highest BCUT2D eigenvalue weighted by molar-refractivity contribution is 7.25. The topological polar surface area (TPSA) is 17.4 Å². The average molecular weight is 871 g/mol. The Labute approximate surface area is 390 Å². The zero-order chi connectivity index (χ0) is 43.8. The van der Waals surface area contributed by atoms with Crippen molar-refractivity contribution in [2.24, 2.45) is 0 Å². The highest BCUT2D eigenvalue weighted by Crippen LogP contribution is 2.62. The van der Waals surface area contributed by atoms with Crippen LogP contribution in [0.25, 0.3) is 80.3 Å². The third-order valence-electron chi connectivity index (χ3n) is 14.6. The third kappa shape index (κ3) is 5.00. The molecule has 0 bridgehead atoms. The number of thiophene rings is 1. The minimum atomic E-state index is -0.673. The van der Waals surface area contributed by atoms with Crippen molar-refractivity contribution in [1.29, 1.82) is 0 Å². The van der Waals surface area contributed by atoms with Gasteiger partial charge in [0.25, 0.3) is 0 Å². The van der Waals surface area contributed by atoms with E-state index in [-0.39, 0.29) is 0 Å². The van der Waals surface area contributed by atoms with E-state index in [4.69, 9.17) is 4.74 Å². The molecule has 0 fully saturated rings. The largest absolute Gasteiger partial charge is 0.457 e. The van der Waals surface area contributed by atoms with Crippen molar-refractivity contribution in [2.45, 2.75) is 5.41 Å². The molecule has 11 aromatic carbocycles. The van der Waals surface area contributed by atoms with E-state index in [2.05, 4.69) is 240 Å². The predicted octanol–water partition coefficient (Wildman–Crippen LogP) is 17.4. The zero-order valence-electron chi connectivity index (χ0n) is 36.2. The highest BCUT2D eigenvalue weighted by atomic mass is 32.1. The summed E-state index contributed by atoms with van der Waals surface area (Å²) >= 11 is 1.86. The standard InChI is InChI=1S/C63H38N2OS/c1-2-19-43-39(15-1)16-13-28-53(43)64(42-33-35-46-45-21-4-8-27-54(45)65(56(46)38-42)55-29-14-32-60-62(55)48-22-5-10-31-59(48)67-60)41-34-36-58-52(37-41)63(50-25-7-9-30-57(50)66-58)49-24-6-3-20-44(49)47-23-11-17-40-18-12-26-51(63)61(40)47/h1-38H. The van der Waals surface area contributed by atoms with E-state index in [0.717, 1.165) is 45.2 Å². The lowest BCUT2D eigenvalue weighted by atomic mass is 9.58. The van der Waals surface area contributed by atoms with E-state index in [9.17, 15) is 0 Å². The first-order chi connectivity index (χ1) is 33.2. The maximum atomic E-state index is 7.01. The maximum Gasteiger partial charge on any atom is 0.132 e. The quantitative estimate of drug-likeness (QED) is 0.175. The van der Waals surface area contributed by atoms with Gasteiger partial charge in [-0.2, -0.15) is 0 Å². The minimum absolute atomic E-state index is 0.673. The molecule has 2 aromatic heterocycles. The number of benzene rings is 11. The molecule has 15 rings (SSSR count). The van der Waals surface area contributed by atoms with Crippen LogP contribution in [0.1, 0.15) is 22.3 Å². The van der Waals surface area contributed by atoms with E-state index in [0.29, 0.717) is 0 Å². The van der Waals surface area contributed by atoms with Crippen LogP contribution in [-0.2, 0) is 5.41 Å². The lowest BCUT2D eigenvalue weighted by Crippen LogP contribution is -2.36. The summed E-state index contributed by atoms with van der Waals surface area (Å²) in [6.07, 6.45) is 0. The molecular formula is C63H38N2OS. The fraction of sp³-hybridized carbons (Fsp3) is 0.0159. The van der Waals surface area contributed by atoms with E-state index < -0.39 is 5.41 Å². The van der Waals surface area contributed by atoms with E-state index >= 15 is 0 Å². The fourth-order valence-corrected chi connectivity index (χ4v) is 13.1. The normalized spacial score (nSPS) is 14.7. The summed E-state index contributed by atoms with van der Waals surface area (Å²) in [7, 11) is 0. The van der Waals surface area contributed by atoms with Crippen molar-refractivity contribution < 1.29 is 4.74 Å². The van der Waals surface area contributed by atoms with Gasteiger partial charge in [0.05, 0.1) is 27.8 Å². The number of fused-ring (bicyclic) bond motifs is 15. The average Bonchev–Trinajstić information content (AvgIpc) is 3.94. The van der Waals surface area contributed by atoms with Crippen LogP contribution in [0.15, 0.2) is 231 Å². The number of aromatic nitrogens is 1. The SMILES string of the molecule is c1ccc2c(c1)Oc1ccc(N(c3ccc4c5ccccc5n(-c5cccc6sc7ccccc7c56)c4c3)c3cccc4ccccc34)cc1C21c2ccccc2-c2cccc3cccc1c23. The second-order valence-corrected chi connectivity index (χ2v) is 19.0. The lowest BCUT2D eigenvalue weighted by Gasteiger charge is -2.45. The number of anilines is 3. The van der Waals surface area contributed by atoms with Gasteiger partial charge in [-0.1, -0.05) is 164 Å². The monoisotopic (exact) mass is 870 g/mol. The summed E-state index contributed by atoms with van der Waals surface area (Å²) in [6, 6.07) is 85.1. The van der Waals surface area contributed by atoms with Gasteiger partial charge in [0.2, 0.25) is 0 Å². The Kier molecular flexibility index (Phi) is 7.58. The zero-order valence-corrected chi connectivity index (χ0v) is 37.0. The molecule has 312 valence electrons. The molecule has 3 nitrogen and oxygen atoms in total. The first-order valence-electron chi connectivity index (χ1n) is 23.0. The number of hydrogen-bond acceptors (Lipinski definition) is 3. The lowest BCUT2D eigenvalue weighted by molar-refractivity contribution is 0.435. The van der Waals surface area contributed by atoms with Crippen LogP contribution in [0.2, 0.25) is 0 Å². The molecule has 1 unspecified atom stereocenters. The summed E-state index contributed by atoms with van der Waals surface area (Å²) in [6.45, 7) is 0. The van der Waals surface area contributed by atoms with Crippen molar-refractivity contribution in [2.75, 3.05) is 4.90 Å². The molecule has 67 heavy (non-hydrogen) atoms. The van der Waals surface area contributed by atoms with Gasteiger partial charge < -0.3 is 14.2 Å². The molecule has 1 aliphatic carbocycles. The van der Waals surface area contributed by atoms with Gasteiger partial charge in [0.15, 0.2) is 0 Å². The Hall–Kier alpha value is -8.44. The number of hydrogen-bond donors (Lipinski definition) is 0. The summed E-state index contributed by atoms with van der Waals surface area (Å²) in [4.78, 5) is 2.47. The summed E-state index contributed by atoms with van der Waals surface area (Å²) in [5.74, 6) is 1.74. The van der Waals surface area contributed by atoms with Gasteiger partial charge in [-0.25, -0.2) is 0 Å². The first-order valence-corrected chi connectivity index (χ1v) is 23.8. The summed E-state index contributed by atoms with van der Waals surface area (Å²) in [5.41, 5.74) is 13.4. The van der Waals surface area contributed by atoms with Crippen molar-refractivity contribution in [1.82, 2.24) is 4.57 Å². The van der Waals surface area contributed by atoms with Gasteiger partial charge in [-0.3, -0.25) is 0 Å². The van der Waals surface area contributed by atoms with Crippen LogP contribution >= 0.6 is 11.3 Å². The molecular weight excluding hydrogens is 833 g/mol. The number of para-hydroxylation sites is 2. The molecule has 0 saturated heterocycles. The van der Waals surface area contributed by atoms with Gasteiger partial charge in [-0.05, 0) is 105 Å². The molecule has 0 N–H and O–H groups in total. The van der Waals surface area contributed by atoms with E-state index in [1.165, 1.54) is 85.9 Å². The molecule has 1 atom stereocenters. The van der Waals surface area contributed by atoms with Gasteiger partial charge in [0, 0.05) is 58.8 Å². The predicted molar refractivity (Wildman–Crippen MR) is 281 cm³/mol. The molecule has 0 radical (unpaired) electrons. The van der Waals surface area contributed by atoms with Crippen LogP contribution in [0, 0.1) is 0 Å². The molecule has 13 aromatic rings. The van der Waals surface area contributed by atoms with Gasteiger partial charge >= 0.3 is 0 Å². The van der Waals surface area contributed by atoms with Crippen LogP contribution in [-0.4, -0.2) is 4.57 Å². The van der Waals surface area contributed by atoms with Crippen molar-refractivity contribution in [3.63, 3.8) is 0 Å². The third-order valence-corrected chi connectivity index (χ3v) is 15.7.